The highest BCUT2D eigenvalue weighted by atomic mass is 35.5. The first-order valence-electron chi connectivity index (χ1n) is 9.75. The number of methoxy groups -OCH3 is 1. The van der Waals surface area contributed by atoms with E-state index in [9.17, 15) is 9.59 Å². The molecule has 4 aliphatic heterocycles. The third-order valence-electron chi connectivity index (χ3n) is 6.51. The number of imide groups is 1. The van der Waals surface area contributed by atoms with Crippen LogP contribution in [-0.4, -0.2) is 42.9 Å². The number of nitrogens with zero attached hydrogens (tertiary/aromatic N) is 2. The second-order valence-electron chi connectivity index (χ2n) is 7.91. The lowest BCUT2D eigenvalue weighted by Crippen LogP contribution is -2.45. The number of hydrogen-bond acceptors (Lipinski definition) is 6. The van der Waals surface area contributed by atoms with E-state index in [4.69, 9.17) is 25.9 Å². The Morgan fingerprint density at radius 3 is 2.23 bits per heavy atom. The summed E-state index contributed by atoms with van der Waals surface area (Å²) in [6.07, 6.45) is -1.30. The van der Waals surface area contributed by atoms with Crippen molar-refractivity contribution in [1.29, 1.82) is 0 Å². The molecule has 2 aromatic carbocycles. The van der Waals surface area contributed by atoms with E-state index in [-0.39, 0.29) is 23.8 Å². The maximum absolute atomic E-state index is 13.3. The van der Waals surface area contributed by atoms with Gasteiger partial charge in [-0.05, 0) is 48.5 Å². The van der Waals surface area contributed by atoms with E-state index in [0.717, 1.165) is 17.0 Å². The van der Waals surface area contributed by atoms with Gasteiger partial charge in [-0.3, -0.25) is 9.59 Å². The molecule has 0 spiro atoms. The van der Waals surface area contributed by atoms with Gasteiger partial charge in [-0.15, -0.1) is 0 Å². The standard InChI is InChI=1S/C22H17ClN2O5/c1-28-13-8-2-10(3-9-13)17-16-18-14-15(19(29-18)20(16)30-24-17)22(27)25(21(14)26)12-6-4-11(23)5-7-12/h2-9,14-16,18-20H,1H3/t14-,15+,16-,18-,19+,20-/m1/s1. The average Bonchev–Trinajstić information content (AvgIpc) is 3.49. The molecule has 7 nitrogen and oxygen atoms in total. The highest BCUT2D eigenvalue weighted by Crippen LogP contribution is 2.55. The van der Waals surface area contributed by atoms with Crippen molar-refractivity contribution in [3.8, 4) is 5.75 Å². The van der Waals surface area contributed by atoms with Crippen LogP contribution in [-0.2, 0) is 19.2 Å². The van der Waals surface area contributed by atoms with Gasteiger partial charge in [0.15, 0.2) is 6.10 Å². The van der Waals surface area contributed by atoms with Crippen LogP contribution >= 0.6 is 11.6 Å². The maximum atomic E-state index is 13.3. The Morgan fingerprint density at radius 2 is 1.57 bits per heavy atom. The van der Waals surface area contributed by atoms with Crippen molar-refractivity contribution in [2.75, 3.05) is 12.0 Å². The molecule has 0 radical (unpaired) electrons. The summed E-state index contributed by atoms with van der Waals surface area (Å²) in [6, 6.07) is 14.2. The number of halogens is 1. The minimum Gasteiger partial charge on any atom is -0.497 e. The average molecular weight is 425 g/mol. The predicted octanol–water partition coefficient (Wildman–Crippen LogP) is 2.65. The Hall–Kier alpha value is -2.90. The number of hydrogen-bond donors (Lipinski definition) is 0. The fourth-order valence-corrected chi connectivity index (χ4v) is 5.33. The number of carbonyl (C=O) groups is 2. The fourth-order valence-electron chi connectivity index (χ4n) is 5.20. The molecule has 2 aromatic rings. The van der Waals surface area contributed by atoms with Gasteiger partial charge in [0.05, 0.1) is 42.4 Å². The van der Waals surface area contributed by atoms with Crippen molar-refractivity contribution >= 4 is 34.8 Å². The van der Waals surface area contributed by atoms with Crippen molar-refractivity contribution in [1.82, 2.24) is 0 Å². The summed E-state index contributed by atoms with van der Waals surface area (Å²) < 4.78 is 11.3. The van der Waals surface area contributed by atoms with Crippen LogP contribution in [0.3, 0.4) is 0 Å². The summed E-state index contributed by atoms with van der Waals surface area (Å²) in [4.78, 5) is 33.4. The molecule has 0 saturated carbocycles. The van der Waals surface area contributed by atoms with Gasteiger partial charge >= 0.3 is 0 Å². The topological polar surface area (TPSA) is 77.4 Å². The molecule has 0 N–H and O–H groups in total. The molecule has 8 heteroatoms. The van der Waals surface area contributed by atoms with Gasteiger partial charge in [-0.2, -0.15) is 0 Å². The van der Waals surface area contributed by atoms with Crippen molar-refractivity contribution in [3.05, 3.63) is 59.1 Å². The summed E-state index contributed by atoms with van der Waals surface area (Å²) in [7, 11) is 1.61. The molecule has 4 heterocycles. The van der Waals surface area contributed by atoms with E-state index < -0.39 is 24.0 Å². The number of anilines is 1. The van der Waals surface area contributed by atoms with Gasteiger partial charge < -0.3 is 14.3 Å². The largest absolute Gasteiger partial charge is 0.497 e. The van der Waals surface area contributed by atoms with Crippen LogP contribution in [0.5, 0.6) is 5.75 Å². The first kappa shape index (κ1) is 17.9. The Kier molecular flexibility index (Phi) is 3.76. The van der Waals surface area contributed by atoms with E-state index in [1.807, 2.05) is 24.3 Å². The predicted molar refractivity (Wildman–Crippen MR) is 107 cm³/mol. The van der Waals surface area contributed by atoms with Crippen LogP contribution in [0.15, 0.2) is 53.7 Å². The van der Waals surface area contributed by atoms with Gasteiger partial charge in [0.1, 0.15) is 11.9 Å². The molecule has 3 saturated heterocycles. The van der Waals surface area contributed by atoms with E-state index in [0.29, 0.717) is 10.7 Å². The quantitative estimate of drug-likeness (QED) is 0.708. The minimum atomic E-state index is -0.551. The molecule has 6 atom stereocenters. The minimum absolute atomic E-state index is 0.188. The first-order chi connectivity index (χ1) is 14.6. The number of ether oxygens (including phenoxy) is 2. The maximum Gasteiger partial charge on any atom is 0.240 e. The molecule has 30 heavy (non-hydrogen) atoms. The summed E-state index contributed by atoms with van der Waals surface area (Å²) in [5.41, 5.74) is 2.17. The van der Waals surface area contributed by atoms with E-state index in [1.165, 1.54) is 4.90 Å². The Morgan fingerprint density at radius 1 is 0.900 bits per heavy atom. The third kappa shape index (κ3) is 2.27. The molecule has 0 aliphatic carbocycles. The van der Waals surface area contributed by atoms with Gasteiger partial charge in [-0.1, -0.05) is 16.8 Å². The van der Waals surface area contributed by atoms with Crippen LogP contribution in [0, 0.1) is 17.8 Å². The highest BCUT2D eigenvalue weighted by molar-refractivity contribution is 6.31. The lowest BCUT2D eigenvalue weighted by molar-refractivity contribution is -0.125. The number of oxime groups is 1. The van der Waals surface area contributed by atoms with E-state index >= 15 is 0 Å². The van der Waals surface area contributed by atoms with Crippen LogP contribution < -0.4 is 9.64 Å². The van der Waals surface area contributed by atoms with Gasteiger partial charge in [0, 0.05) is 10.6 Å². The molecule has 0 unspecified atom stereocenters. The second kappa shape index (κ2) is 6.30. The number of fused-ring (bicyclic) bond motifs is 8. The lowest BCUT2D eigenvalue weighted by atomic mass is 9.71. The van der Waals surface area contributed by atoms with E-state index in [1.54, 1.807) is 31.4 Å². The molecular formula is C22H17ClN2O5. The zero-order valence-corrected chi connectivity index (χ0v) is 16.7. The Balaban J connectivity index is 1.33. The Bertz CT molecular complexity index is 1080. The molecule has 6 rings (SSSR count). The number of carbonyl (C=O) groups excluding carboxylic acids is 2. The number of rotatable bonds is 3. The summed E-state index contributed by atoms with van der Waals surface area (Å²) >= 11 is 5.96. The highest BCUT2D eigenvalue weighted by Gasteiger charge is 2.72. The number of benzene rings is 2. The summed E-state index contributed by atoms with van der Waals surface area (Å²) in [5.74, 6) is -1.02. The van der Waals surface area contributed by atoms with Crippen LogP contribution in [0.1, 0.15) is 5.56 Å². The summed E-state index contributed by atoms with van der Waals surface area (Å²) in [6.45, 7) is 0. The molecule has 2 bridgehead atoms. The van der Waals surface area contributed by atoms with Crippen molar-refractivity contribution in [2.45, 2.75) is 18.3 Å². The number of amides is 2. The molecule has 152 valence electrons. The van der Waals surface area contributed by atoms with Gasteiger partial charge in [0.25, 0.3) is 0 Å². The molecular weight excluding hydrogens is 408 g/mol. The zero-order valence-electron chi connectivity index (χ0n) is 15.9. The van der Waals surface area contributed by atoms with Crippen LogP contribution in [0.2, 0.25) is 5.02 Å². The van der Waals surface area contributed by atoms with Gasteiger partial charge in [0.2, 0.25) is 11.8 Å². The first-order valence-corrected chi connectivity index (χ1v) is 10.1. The van der Waals surface area contributed by atoms with Crippen LogP contribution in [0.25, 0.3) is 0 Å². The molecule has 3 fully saturated rings. The molecule has 0 aromatic heterocycles. The van der Waals surface area contributed by atoms with Crippen molar-refractivity contribution in [3.63, 3.8) is 0 Å². The van der Waals surface area contributed by atoms with Crippen molar-refractivity contribution in [2.24, 2.45) is 22.9 Å². The normalized spacial score (nSPS) is 33.4. The third-order valence-corrected chi connectivity index (χ3v) is 6.76. The smallest absolute Gasteiger partial charge is 0.240 e. The monoisotopic (exact) mass is 424 g/mol. The molecule has 2 amide bonds. The van der Waals surface area contributed by atoms with Crippen molar-refractivity contribution < 1.29 is 23.9 Å². The van der Waals surface area contributed by atoms with E-state index in [2.05, 4.69) is 5.16 Å². The summed E-state index contributed by atoms with van der Waals surface area (Å²) in [5, 5.41) is 4.84. The second-order valence-corrected chi connectivity index (χ2v) is 8.34. The Labute approximate surface area is 177 Å². The zero-order chi connectivity index (χ0) is 20.6. The lowest BCUT2D eigenvalue weighted by Gasteiger charge is -2.26. The van der Waals surface area contributed by atoms with Crippen LogP contribution in [0.4, 0.5) is 5.69 Å². The van der Waals surface area contributed by atoms with Gasteiger partial charge in [-0.25, -0.2) is 4.90 Å². The molecule has 4 aliphatic rings. The SMILES string of the molecule is COc1ccc(C2=NO[C@H]3[C@H]4O[C@@H]([C@@H]23)[C@@H]2C(=O)N(c3ccc(Cl)cc3)C(=O)[C@H]42)cc1. The fraction of sp³-hybridized carbons (Fsp3) is 0.318.